The third-order valence-electron chi connectivity index (χ3n) is 3.81. The molecule has 0 aromatic rings. The molecule has 3 nitrogen and oxygen atoms in total. The fourth-order valence-electron chi connectivity index (χ4n) is 2.71. The molecule has 1 N–H and O–H groups in total. The van der Waals surface area contributed by atoms with E-state index in [9.17, 15) is 13.6 Å². The molecule has 0 saturated carbocycles. The second-order valence-corrected chi connectivity index (χ2v) is 5.23. The quantitative estimate of drug-likeness (QED) is 0.803. The van der Waals surface area contributed by atoms with Crippen LogP contribution in [-0.4, -0.2) is 42.4 Å². The number of hydrogen-bond acceptors (Lipinski definition) is 2. The number of nitrogens with one attached hydrogen (secondary N) is 1. The highest BCUT2D eigenvalue weighted by Crippen LogP contribution is 2.31. The molecule has 2 fully saturated rings. The maximum atomic E-state index is 13.3. The Morgan fingerprint density at radius 2 is 2.12 bits per heavy atom. The van der Waals surface area contributed by atoms with Gasteiger partial charge < -0.3 is 10.2 Å². The Hall–Kier alpha value is -0.710. The summed E-state index contributed by atoms with van der Waals surface area (Å²) >= 11 is 0. The van der Waals surface area contributed by atoms with Crippen molar-refractivity contribution in [3.05, 3.63) is 0 Å². The lowest BCUT2D eigenvalue weighted by molar-refractivity contribution is -0.138. The molecule has 0 bridgehead atoms. The minimum atomic E-state index is -2.68. The van der Waals surface area contributed by atoms with Gasteiger partial charge >= 0.3 is 0 Å². The molecule has 2 aliphatic rings. The average molecular weight is 246 g/mol. The van der Waals surface area contributed by atoms with E-state index >= 15 is 0 Å². The molecular weight excluding hydrogens is 226 g/mol. The van der Waals surface area contributed by atoms with Crippen molar-refractivity contribution >= 4 is 5.91 Å². The third kappa shape index (κ3) is 2.94. The minimum Gasteiger partial charge on any atom is -0.341 e. The van der Waals surface area contributed by atoms with Crippen molar-refractivity contribution in [2.75, 3.05) is 19.6 Å². The van der Waals surface area contributed by atoms with Crippen LogP contribution in [0.5, 0.6) is 0 Å². The molecule has 0 radical (unpaired) electrons. The standard InChI is InChI=1S/C12H20F2N2O/c1-12(13,14)9-4-3-7-16(8-9)11(17)10-5-2-6-15-10/h9-10,15H,2-8H2,1H3/t9-,10+/m1/s1. The average Bonchev–Trinajstić information content (AvgIpc) is 2.80. The van der Waals surface area contributed by atoms with Crippen molar-refractivity contribution < 1.29 is 13.6 Å². The molecule has 2 rings (SSSR count). The highest BCUT2D eigenvalue weighted by atomic mass is 19.3. The second kappa shape index (κ2) is 4.88. The van der Waals surface area contributed by atoms with Crippen LogP contribution in [0.2, 0.25) is 0 Å². The minimum absolute atomic E-state index is 0.0106. The van der Waals surface area contributed by atoms with Gasteiger partial charge in [-0.2, -0.15) is 0 Å². The summed E-state index contributed by atoms with van der Waals surface area (Å²) in [5.74, 6) is -3.35. The first-order valence-electron chi connectivity index (χ1n) is 6.38. The smallest absolute Gasteiger partial charge is 0.249 e. The van der Waals surface area contributed by atoms with E-state index in [1.54, 1.807) is 4.90 Å². The molecule has 0 aliphatic carbocycles. The number of nitrogens with zero attached hydrogens (tertiary/aromatic N) is 1. The number of likely N-dealkylation sites (tertiary alicyclic amines) is 1. The zero-order valence-corrected chi connectivity index (χ0v) is 10.2. The number of hydrogen-bond donors (Lipinski definition) is 1. The number of carbonyl (C=O) groups excluding carboxylic acids is 1. The maximum absolute atomic E-state index is 13.3. The van der Waals surface area contributed by atoms with Crippen molar-refractivity contribution in [2.24, 2.45) is 5.92 Å². The largest absolute Gasteiger partial charge is 0.341 e. The molecule has 5 heteroatoms. The topological polar surface area (TPSA) is 32.3 Å². The number of piperidine rings is 1. The molecule has 2 saturated heterocycles. The summed E-state index contributed by atoms with van der Waals surface area (Å²) in [5.41, 5.74) is 0. The summed E-state index contributed by atoms with van der Waals surface area (Å²) in [4.78, 5) is 13.7. The molecule has 17 heavy (non-hydrogen) atoms. The highest BCUT2D eigenvalue weighted by Gasteiger charge is 2.39. The van der Waals surface area contributed by atoms with Gasteiger partial charge in [0.15, 0.2) is 0 Å². The van der Waals surface area contributed by atoms with Gasteiger partial charge in [0.25, 0.3) is 0 Å². The first kappa shape index (κ1) is 12.7. The fraction of sp³-hybridized carbons (Fsp3) is 0.917. The van der Waals surface area contributed by atoms with Crippen molar-refractivity contribution in [2.45, 2.75) is 44.6 Å². The van der Waals surface area contributed by atoms with E-state index in [1.165, 1.54) is 0 Å². The first-order chi connectivity index (χ1) is 7.98. The first-order valence-corrected chi connectivity index (χ1v) is 6.38. The lowest BCUT2D eigenvalue weighted by Gasteiger charge is -2.36. The molecule has 2 atom stereocenters. The summed E-state index contributed by atoms with van der Waals surface area (Å²) in [6, 6.07) is -0.140. The Morgan fingerprint density at radius 3 is 2.71 bits per heavy atom. The molecule has 0 spiro atoms. The Morgan fingerprint density at radius 1 is 1.35 bits per heavy atom. The Balaban J connectivity index is 1.94. The molecule has 2 aliphatic heterocycles. The third-order valence-corrected chi connectivity index (χ3v) is 3.81. The van der Waals surface area contributed by atoms with E-state index in [-0.39, 0.29) is 18.5 Å². The van der Waals surface area contributed by atoms with Gasteiger partial charge in [0, 0.05) is 19.0 Å². The van der Waals surface area contributed by atoms with E-state index in [0.717, 1.165) is 26.3 Å². The van der Waals surface area contributed by atoms with E-state index in [4.69, 9.17) is 0 Å². The van der Waals surface area contributed by atoms with Gasteiger partial charge in [-0.05, 0) is 39.2 Å². The van der Waals surface area contributed by atoms with Crippen LogP contribution in [0.25, 0.3) is 0 Å². The predicted molar refractivity (Wildman–Crippen MR) is 60.9 cm³/mol. The van der Waals surface area contributed by atoms with Crippen LogP contribution in [0.15, 0.2) is 0 Å². The monoisotopic (exact) mass is 246 g/mol. The molecule has 0 unspecified atom stereocenters. The van der Waals surface area contributed by atoms with Gasteiger partial charge in [0.2, 0.25) is 11.8 Å². The number of halogens is 2. The van der Waals surface area contributed by atoms with E-state index in [2.05, 4.69) is 5.32 Å². The Labute approximate surface area is 101 Å². The lowest BCUT2D eigenvalue weighted by Crippen LogP contribution is -2.50. The van der Waals surface area contributed by atoms with Crippen molar-refractivity contribution in [3.8, 4) is 0 Å². The van der Waals surface area contributed by atoms with Gasteiger partial charge in [0.1, 0.15) is 0 Å². The van der Waals surface area contributed by atoms with Gasteiger partial charge in [0.05, 0.1) is 6.04 Å². The van der Waals surface area contributed by atoms with E-state index in [0.29, 0.717) is 19.4 Å². The predicted octanol–water partition coefficient (Wildman–Crippen LogP) is 1.63. The molecule has 2 heterocycles. The molecule has 0 aromatic heterocycles. The molecule has 1 amide bonds. The number of alkyl halides is 2. The van der Waals surface area contributed by atoms with Crippen LogP contribution in [0, 0.1) is 5.92 Å². The SMILES string of the molecule is CC(F)(F)[C@@H]1CCCN(C(=O)[C@@H]2CCCN2)C1. The zero-order valence-electron chi connectivity index (χ0n) is 10.2. The van der Waals surface area contributed by atoms with Gasteiger partial charge in [-0.25, -0.2) is 8.78 Å². The number of rotatable bonds is 2. The molecule has 98 valence electrons. The summed E-state index contributed by atoms with van der Waals surface area (Å²) in [7, 11) is 0. The summed E-state index contributed by atoms with van der Waals surface area (Å²) in [5, 5.41) is 3.13. The van der Waals surface area contributed by atoms with E-state index in [1.807, 2.05) is 0 Å². The molecular formula is C12H20F2N2O. The summed E-state index contributed by atoms with van der Waals surface area (Å²) in [6.07, 6.45) is 3.04. The number of amides is 1. The zero-order chi connectivity index (χ0) is 12.5. The molecule has 0 aromatic carbocycles. The van der Waals surface area contributed by atoms with Crippen molar-refractivity contribution in [3.63, 3.8) is 0 Å². The van der Waals surface area contributed by atoms with Gasteiger partial charge in [-0.1, -0.05) is 0 Å². The summed E-state index contributed by atoms with van der Waals surface area (Å²) < 4.78 is 26.5. The normalized spacial score (nSPS) is 30.6. The van der Waals surface area contributed by atoms with Crippen molar-refractivity contribution in [1.29, 1.82) is 0 Å². The van der Waals surface area contributed by atoms with E-state index < -0.39 is 11.8 Å². The lowest BCUT2D eigenvalue weighted by atomic mass is 9.92. The highest BCUT2D eigenvalue weighted by molar-refractivity contribution is 5.82. The Kier molecular flexibility index (Phi) is 3.66. The van der Waals surface area contributed by atoms with Gasteiger partial charge in [-0.15, -0.1) is 0 Å². The van der Waals surface area contributed by atoms with Crippen LogP contribution in [0.3, 0.4) is 0 Å². The van der Waals surface area contributed by atoms with Crippen LogP contribution in [0.1, 0.15) is 32.6 Å². The number of carbonyl (C=O) groups is 1. The maximum Gasteiger partial charge on any atom is 0.249 e. The Bertz CT molecular complexity index is 285. The van der Waals surface area contributed by atoms with Crippen LogP contribution in [0.4, 0.5) is 8.78 Å². The van der Waals surface area contributed by atoms with Crippen LogP contribution >= 0.6 is 0 Å². The van der Waals surface area contributed by atoms with Gasteiger partial charge in [-0.3, -0.25) is 4.79 Å². The summed E-state index contributed by atoms with van der Waals surface area (Å²) in [6.45, 7) is 2.65. The van der Waals surface area contributed by atoms with Crippen LogP contribution < -0.4 is 5.32 Å². The van der Waals surface area contributed by atoms with Crippen molar-refractivity contribution in [1.82, 2.24) is 10.2 Å². The second-order valence-electron chi connectivity index (χ2n) is 5.23. The fourth-order valence-corrected chi connectivity index (χ4v) is 2.71. The van der Waals surface area contributed by atoms with Crippen LogP contribution in [-0.2, 0) is 4.79 Å².